The van der Waals surface area contributed by atoms with Crippen molar-refractivity contribution >= 4 is 11.3 Å². The minimum atomic E-state index is -0.204. The number of aromatic nitrogens is 1. The van der Waals surface area contributed by atoms with E-state index in [1.54, 1.807) is 7.11 Å². The van der Waals surface area contributed by atoms with E-state index >= 15 is 0 Å². The number of aromatic hydroxyl groups is 1. The zero-order chi connectivity index (χ0) is 12.7. The van der Waals surface area contributed by atoms with Crippen molar-refractivity contribution in [3.05, 3.63) is 43.9 Å². The molecule has 1 aliphatic rings. The molecule has 0 radical (unpaired) electrons. The zero-order valence-electron chi connectivity index (χ0n) is 9.90. The van der Waals surface area contributed by atoms with E-state index in [9.17, 15) is 9.90 Å². The van der Waals surface area contributed by atoms with Crippen LogP contribution in [0.3, 0.4) is 0 Å². The van der Waals surface area contributed by atoms with Gasteiger partial charge in [0, 0.05) is 5.92 Å². The summed E-state index contributed by atoms with van der Waals surface area (Å²) in [5, 5.41) is 9.75. The van der Waals surface area contributed by atoms with Gasteiger partial charge < -0.3 is 9.84 Å². The van der Waals surface area contributed by atoms with Gasteiger partial charge >= 0.3 is 4.87 Å². The Morgan fingerprint density at radius 2 is 2.33 bits per heavy atom. The van der Waals surface area contributed by atoms with E-state index < -0.39 is 0 Å². The number of ether oxygens (including phenoxy) is 1. The third-order valence-electron chi connectivity index (χ3n) is 3.40. The van der Waals surface area contributed by atoms with Crippen LogP contribution in [0.4, 0.5) is 0 Å². The number of rotatable bonds is 2. The molecule has 1 atom stereocenters. The normalized spacial score (nSPS) is 17.7. The van der Waals surface area contributed by atoms with Crippen molar-refractivity contribution in [1.29, 1.82) is 0 Å². The van der Waals surface area contributed by atoms with Gasteiger partial charge in [-0.1, -0.05) is 17.4 Å². The number of aryl methyl sites for hydroxylation is 1. The van der Waals surface area contributed by atoms with Crippen molar-refractivity contribution in [2.24, 2.45) is 0 Å². The number of thiazole rings is 1. The third-order valence-corrected chi connectivity index (χ3v) is 4.39. The molecule has 1 aromatic heterocycles. The number of methoxy groups -OCH3 is 1. The molecule has 1 aromatic carbocycles. The summed E-state index contributed by atoms with van der Waals surface area (Å²) in [4.78, 5) is 14.2. The van der Waals surface area contributed by atoms with Crippen LogP contribution in [-0.2, 0) is 6.42 Å². The van der Waals surface area contributed by atoms with Crippen molar-refractivity contribution in [2.75, 3.05) is 7.11 Å². The Labute approximate surface area is 108 Å². The van der Waals surface area contributed by atoms with Crippen molar-refractivity contribution in [1.82, 2.24) is 4.98 Å². The van der Waals surface area contributed by atoms with Gasteiger partial charge in [0.25, 0.3) is 0 Å². The molecule has 2 aromatic rings. The molecule has 0 saturated carbocycles. The van der Waals surface area contributed by atoms with Crippen molar-refractivity contribution in [3.63, 3.8) is 0 Å². The van der Waals surface area contributed by atoms with E-state index in [1.807, 2.05) is 18.2 Å². The molecule has 0 bridgehead atoms. The molecule has 5 heteroatoms. The van der Waals surface area contributed by atoms with Crippen LogP contribution in [0.5, 0.6) is 11.6 Å². The van der Waals surface area contributed by atoms with Crippen LogP contribution < -0.4 is 9.61 Å². The second-order valence-corrected chi connectivity index (χ2v) is 5.40. The van der Waals surface area contributed by atoms with Crippen LogP contribution in [0.2, 0.25) is 0 Å². The first-order chi connectivity index (χ1) is 8.69. The molecule has 0 saturated heterocycles. The average molecular weight is 263 g/mol. The van der Waals surface area contributed by atoms with E-state index in [0.29, 0.717) is 0 Å². The minimum Gasteiger partial charge on any atom is -0.497 e. The largest absolute Gasteiger partial charge is 0.497 e. The SMILES string of the molecule is COc1ccc2c(c1)CCC2c1sc(=O)[nH]c1O. The Morgan fingerprint density at radius 1 is 1.50 bits per heavy atom. The molecule has 3 rings (SSSR count). The monoisotopic (exact) mass is 263 g/mol. The standard InChI is InChI=1S/C13H13NO3S/c1-17-8-3-5-9-7(6-8)2-4-10(9)11-12(15)14-13(16)18-11/h3,5-6,10,15H,2,4H2,1H3,(H,14,16). The highest BCUT2D eigenvalue weighted by atomic mass is 32.1. The summed E-state index contributed by atoms with van der Waals surface area (Å²) in [6.07, 6.45) is 1.87. The number of H-pyrrole nitrogens is 1. The Kier molecular flexibility index (Phi) is 2.63. The Hall–Kier alpha value is -1.75. The number of fused-ring (bicyclic) bond motifs is 1. The smallest absolute Gasteiger partial charge is 0.307 e. The lowest BCUT2D eigenvalue weighted by Gasteiger charge is -2.10. The van der Waals surface area contributed by atoms with E-state index in [4.69, 9.17) is 4.74 Å². The third kappa shape index (κ3) is 1.71. The topological polar surface area (TPSA) is 62.3 Å². The minimum absolute atomic E-state index is 0.0127. The Morgan fingerprint density at radius 3 is 3.00 bits per heavy atom. The van der Waals surface area contributed by atoms with Crippen LogP contribution in [0.25, 0.3) is 0 Å². The maximum absolute atomic E-state index is 11.3. The van der Waals surface area contributed by atoms with Gasteiger partial charge in [-0.15, -0.1) is 0 Å². The van der Waals surface area contributed by atoms with Crippen molar-refractivity contribution in [2.45, 2.75) is 18.8 Å². The Bertz CT molecular complexity index is 644. The summed E-state index contributed by atoms with van der Waals surface area (Å²) in [5.41, 5.74) is 2.42. The predicted octanol–water partition coefficient (Wildman–Crippen LogP) is 2.23. The molecular weight excluding hydrogens is 250 g/mol. The summed E-state index contributed by atoms with van der Waals surface area (Å²) in [5.74, 6) is 0.981. The summed E-state index contributed by atoms with van der Waals surface area (Å²) >= 11 is 1.09. The maximum Gasteiger partial charge on any atom is 0.307 e. The lowest BCUT2D eigenvalue weighted by atomic mass is 10.00. The fraction of sp³-hybridized carbons (Fsp3) is 0.308. The molecule has 1 unspecified atom stereocenters. The molecular formula is C13H13NO3S. The summed E-state index contributed by atoms with van der Waals surface area (Å²) in [6.45, 7) is 0. The summed E-state index contributed by atoms with van der Waals surface area (Å²) in [7, 11) is 1.65. The average Bonchev–Trinajstić information content (AvgIpc) is 2.91. The second-order valence-electron chi connectivity index (χ2n) is 4.38. The molecule has 0 fully saturated rings. The zero-order valence-corrected chi connectivity index (χ0v) is 10.7. The second kappa shape index (κ2) is 4.17. The molecule has 0 aliphatic heterocycles. The number of aromatic amines is 1. The van der Waals surface area contributed by atoms with Crippen LogP contribution >= 0.6 is 11.3 Å². The van der Waals surface area contributed by atoms with E-state index in [1.165, 1.54) is 11.1 Å². The van der Waals surface area contributed by atoms with Gasteiger partial charge in [-0.2, -0.15) is 0 Å². The molecule has 2 N–H and O–H groups in total. The van der Waals surface area contributed by atoms with Gasteiger partial charge in [0.1, 0.15) is 5.75 Å². The van der Waals surface area contributed by atoms with Crippen LogP contribution in [0.1, 0.15) is 28.3 Å². The van der Waals surface area contributed by atoms with E-state index in [-0.39, 0.29) is 16.7 Å². The fourth-order valence-electron chi connectivity index (χ4n) is 2.56. The first-order valence-corrected chi connectivity index (χ1v) is 6.59. The molecule has 0 spiro atoms. The van der Waals surface area contributed by atoms with E-state index in [0.717, 1.165) is 34.8 Å². The van der Waals surface area contributed by atoms with Gasteiger partial charge in [-0.25, -0.2) is 0 Å². The van der Waals surface area contributed by atoms with E-state index in [2.05, 4.69) is 4.98 Å². The first kappa shape index (κ1) is 11.3. The predicted molar refractivity (Wildman–Crippen MR) is 69.8 cm³/mol. The van der Waals surface area contributed by atoms with Gasteiger partial charge in [0.05, 0.1) is 12.0 Å². The van der Waals surface area contributed by atoms with Crippen LogP contribution in [0, 0.1) is 0 Å². The van der Waals surface area contributed by atoms with Gasteiger partial charge in [0.15, 0.2) is 0 Å². The maximum atomic E-state index is 11.3. The van der Waals surface area contributed by atoms with Crippen LogP contribution in [-0.4, -0.2) is 17.2 Å². The van der Waals surface area contributed by atoms with Gasteiger partial charge in [0.2, 0.25) is 5.88 Å². The molecule has 0 amide bonds. The molecule has 1 aliphatic carbocycles. The van der Waals surface area contributed by atoms with Gasteiger partial charge in [-0.3, -0.25) is 9.78 Å². The highest BCUT2D eigenvalue weighted by Gasteiger charge is 2.28. The number of hydrogen-bond acceptors (Lipinski definition) is 4. The summed E-state index contributed by atoms with van der Waals surface area (Å²) in [6, 6.07) is 5.97. The lowest BCUT2D eigenvalue weighted by Crippen LogP contribution is -1.94. The highest BCUT2D eigenvalue weighted by Crippen LogP contribution is 2.42. The molecule has 4 nitrogen and oxygen atoms in total. The Balaban J connectivity index is 2.05. The van der Waals surface area contributed by atoms with Crippen molar-refractivity contribution in [3.8, 4) is 11.6 Å². The summed E-state index contributed by atoms with van der Waals surface area (Å²) < 4.78 is 5.21. The van der Waals surface area contributed by atoms with Crippen molar-refractivity contribution < 1.29 is 9.84 Å². The lowest BCUT2D eigenvalue weighted by molar-refractivity contribution is 0.414. The molecule has 94 valence electrons. The van der Waals surface area contributed by atoms with Crippen LogP contribution in [0.15, 0.2) is 23.0 Å². The van der Waals surface area contributed by atoms with Gasteiger partial charge in [-0.05, 0) is 36.1 Å². The molecule has 18 heavy (non-hydrogen) atoms. The quantitative estimate of drug-likeness (QED) is 0.873. The fourth-order valence-corrected chi connectivity index (χ4v) is 3.44. The molecule has 1 heterocycles. The highest BCUT2D eigenvalue weighted by molar-refractivity contribution is 7.09. The number of benzene rings is 1. The number of nitrogens with one attached hydrogen (secondary N) is 1. The first-order valence-electron chi connectivity index (χ1n) is 5.78. The number of hydrogen-bond donors (Lipinski definition) is 2.